The number of hydrogen-bond acceptors (Lipinski definition) is 10. The highest BCUT2D eigenvalue weighted by atomic mass is 32.2. The number of carboxylic acid groups (broad SMARTS) is 1. The Hall–Kier alpha value is -4.25. The van der Waals surface area contributed by atoms with Crippen LogP contribution in [0.15, 0.2) is 30.3 Å². The smallest absolute Gasteiger partial charge is 0.372 e. The Kier molecular flexibility index (Phi) is 6.98. The number of carboxylic acids is 1. The number of ether oxygens (including phenoxy) is 1. The SMILES string of the molecule is CS(=O)(=O)N1CCN(C(=O)NC(C(=O)N[C@H]2CON(C3(C(=O)O)CCC(=O)O3)C2=O)c2ccccc2)C1=O. The van der Waals surface area contributed by atoms with Crippen molar-refractivity contribution >= 4 is 45.8 Å². The molecule has 1 aromatic carbocycles. The first-order valence-electron chi connectivity index (χ1n) is 11.2. The lowest BCUT2D eigenvalue weighted by Crippen LogP contribution is -2.57. The standard InChI is InChI=1S/C21H23N5O11S/c1-38(34,35)25-10-9-24(20(25)33)19(32)23-15(12-5-3-2-4-6-12)16(28)22-13-11-36-26(17(13)29)21(18(30)31)8-7-14(27)37-21/h2-6,13,15H,7-11H2,1H3,(H,22,28)(H,23,32)(H,30,31)/t13-,15?,21?/m0/s1. The van der Waals surface area contributed by atoms with E-state index in [4.69, 9.17) is 9.57 Å². The van der Waals surface area contributed by atoms with Gasteiger partial charge in [0, 0.05) is 6.42 Å². The molecule has 38 heavy (non-hydrogen) atoms. The van der Waals surface area contributed by atoms with E-state index in [0.29, 0.717) is 14.3 Å². The fourth-order valence-corrected chi connectivity index (χ4v) is 4.96. The van der Waals surface area contributed by atoms with Gasteiger partial charge in [-0.05, 0) is 5.56 Å². The van der Waals surface area contributed by atoms with Crippen molar-refractivity contribution in [2.24, 2.45) is 0 Å². The molecule has 3 aliphatic heterocycles. The average Bonchev–Trinajstić information content (AvgIpc) is 3.55. The predicted octanol–water partition coefficient (Wildman–Crippen LogP) is -1.49. The van der Waals surface area contributed by atoms with Crippen LogP contribution >= 0.6 is 0 Å². The summed E-state index contributed by atoms with van der Waals surface area (Å²) in [4.78, 5) is 80.7. The van der Waals surface area contributed by atoms with Crippen molar-refractivity contribution in [2.75, 3.05) is 26.0 Å². The highest BCUT2D eigenvalue weighted by Crippen LogP contribution is 2.34. The lowest BCUT2D eigenvalue weighted by atomic mass is 10.1. The molecule has 3 atom stereocenters. The molecular formula is C21H23N5O11S. The summed E-state index contributed by atoms with van der Waals surface area (Å²) in [5, 5.41) is 14.7. The third-order valence-corrected chi connectivity index (χ3v) is 7.22. The van der Waals surface area contributed by atoms with Gasteiger partial charge in [0.2, 0.25) is 15.9 Å². The first-order valence-corrected chi connectivity index (χ1v) is 13.1. The third kappa shape index (κ3) is 4.84. The van der Waals surface area contributed by atoms with Gasteiger partial charge in [0.1, 0.15) is 18.7 Å². The number of amides is 6. The van der Waals surface area contributed by atoms with E-state index in [1.54, 1.807) is 18.2 Å². The number of benzene rings is 1. The normalized spacial score (nSPS) is 24.4. The molecular weight excluding hydrogens is 530 g/mol. The molecule has 3 aliphatic rings. The van der Waals surface area contributed by atoms with Gasteiger partial charge in [-0.3, -0.25) is 19.2 Å². The van der Waals surface area contributed by atoms with E-state index in [1.165, 1.54) is 12.1 Å². The molecule has 3 saturated heterocycles. The van der Waals surface area contributed by atoms with E-state index in [9.17, 15) is 42.3 Å². The van der Waals surface area contributed by atoms with Crippen molar-refractivity contribution < 1.29 is 51.9 Å². The van der Waals surface area contributed by atoms with Crippen molar-refractivity contribution in [2.45, 2.75) is 30.7 Å². The number of esters is 1. The number of carbonyl (C=O) groups excluding carboxylic acids is 5. The molecule has 16 nitrogen and oxygen atoms in total. The first-order chi connectivity index (χ1) is 17.8. The van der Waals surface area contributed by atoms with E-state index in [-0.39, 0.29) is 31.5 Å². The molecule has 0 aromatic heterocycles. The summed E-state index contributed by atoms with van der Waals surface area (Å²) in [6.45, 7) is -0.992. The molecule has 3 N–H and O–H groups in total. The number of aliphatic carboxylic acids is 1. The zero-order valence-electron chi connectivity index (χ0n) is 19.9. The molecule has 0 spiro atoms. The third-order valence-electron chi connectivity index (χ3n) is 6.08. The van der Waals surface area contributed by atoms with Gasteiger partial charge in [-0.2, -0.15) is 5.06 Å². The van der Waals surface area contributed by atoms with Gasteiger partial charge in [-0.25, -0.2) is 32.0 Å². The van der Waals surface area contributed by atoms with E-state index >= 15 is 0 Å². The van der Waals surface area contributed by atoms with Crippen LogP contribution in [0.4, 0.5) is 9.59 Å². The Morgan fingerprint density at radius 2 is 1.82 bits per heavy atom. The summed E-state index contributed by atoms with van der Waals surface area (Å²) in [5.41, 5.74) is -2.11. The molecule has 0 aliphatic carbocycles. The van der Waals surface area contributed by atoms with Gasteiger partial charge in [-0.1, -0.05) is 30.3 Å². The maximum Gasteiger partial charge on any atom is 0.372 e. The minimum Gasteiger partial charge on any atom is -0.477 e. The largest absolute Gasteiger partial charge is 0.477 e. The number of nitrogens with one attached hydrogen (secondary N) is 2. The number of urea groups is 2. The molecule has 0 saturated carbocycles. The predicted molar refractivity (Wildman–Crippen MR) is 122 cm³/mol. The fourth-order valence-electron chi connectivity index (χ4n) is 4.17. The quantitative estimate of drug-likeness (QED) is 0.331. The minimum absolute atomic E-state index is 0.249. The maximum atomic E-state index is 13.2. The van der Waals surface area contributed by atoms with E-state index in [2.05, 4.69) is 10.6 Å². The van der Waals surface area contributed by atoms with Crippen LogP contribution in [0.2, 0.25) is 0 Å². The van der Waals surface area contributed by atoms with Crippen LogP contribution in [0.3, 0.4) is 0 Å². The van der Waals surface area contributed by atoms with Crippen molar-refractivity contribution in [1.82, 2.24) is 24.9 Å². The molecule has 204 valence electrons. The monoisotopic (exact) mass is 553 g/mol. The Morgan fingerprint density at radius 1 is 1.13 bits per heavy atom. The van der Waals surface area contributed by atoms with Gasteiger partial charge < -0.3 is 20.5 Å². The molecule has 3 fully saturated rings. The van der Waals surface area contributed by atoms with Crippen LogP contribution in [0.25, 0.3) is 0 Å². The van der Waals surface area contributed by atoms with Crippen LogP contribution in [0, 0.1) is 0 Å². The van der Waals surface area contributed by atoms with Crippen LogP contribution in [-0.4, -0.2) is 101 Å². The van der Waals surface area contributed by atoms with Crippen molar-refractivity contribution in [3.8, 4) is 0 Å². The average molecular weight is 554 g/mol. The van der Waals surface area contributed by atoms with Gasteiger partial charge in [0.15, 0.2) is 0 Å². The highest BCUT2D eigenvalue weighted by molar-refractivity contribution is 7.88. The molecule has 17 heteroatoms. The van der Waals surface area contributed by atoms with Gasteiger partial charge in [0.25, 0.3) is 5.91 Å². The Morgan fingerprint density at radius 3 is 2.37 bits per heavy atom. The van der Waals surface area contributed by atoms with Crippen LogP contribution in [-0.2, 0) is 38.8 Å². The number of cyclic esters (lactones) is 1. The van der Waals surface area contributed by atoms with Crippen molar-refractivity contribution in [3.63, 3.8) is 0 Å². The lowest BCUT2D eigenvalue weighted by molar-refractivity contribution is -0.256. The summed E-state index contributed by atoms with van der Waals surface area (Å²) in [7, 11) is -3.91. The van der Waals surface area contributed by atoms with Crippen LogP contribution in [0.5, 0.6) is 0 Å². The molecule has 6 amide bonds. The summed E-state index contributed by atoms with van der Waals surface area (Å²) < 4.78 is 28.9. The van der Waals surface area contributed by atoms with E-state index in [1.807, 2.05) is 0 Å². The van der Waals surface area contributed by atoms with Gasteiger partial charge >= 0.3 is 29.7 Å². The molecule has 0 bridgehead atoms. The Labute approximate surface area is 215 Å². The number of hydroxylamine groups is 2. The summed E-state index contributed by atoms with van der Waals surface area (Å²) in [6, 6.07) is 2.81. The zero-order valence-corrected chi connectivity index (χ0v) is 20.7. The zero-order chi connectivity index (χ0) is 27.8. The molecule has 0 radical (unpaired) electrons. The number of rotatable bonds is 7. The minimum atomic E-state index is -3.91. The molecule has 4 rings (SSSR count). The topological polar surface area (TPSA) is 209 Å². The van der Waals surface area contributed by atoms with E-state index < -0.39 is 70.3 Å². The van der Waals surface area contributed by atoms with Crippen LogP contribution < -0.4 is 10.6 Å². The number of carbonyl (C=O) groups is 6. The van der Waals surface area contributed by atoms with Crippen molar-refractivity contribution in [3.05, 3.63) is 35.9 Å². The number of sulfonamides is 1. The number of nitrogens with zero attached hydrogens (tertiary/aromatic N) is 3. The second-order valence-corrected chi connectivity index (χ2v) is 10.5. The Bertz CT molecular complexity index is 1300. The molecule has 1 aromatic rings. The lowest BCUT2D eigenvalue weighted by Gasteiger charge is -2.30. The second-order valence-electron chi connectivity index (χ2n) is 8.62. The molecule has 2 unspecified atom stereocenters. The Balaban J connectivity index is 1.50. The second kappa shape index (κ2) is 9.90. The van der Waals surface area contributed by atoms with Crippen LogP contribution in [0.1, 0.15) is 24.4 Å². The number of hydrogen-bond donors (Lipinski definition) is 3. The number of imide groups is 1. The van der Waals surface area contributed by atoms with E-state index in [0.717, 1.165) is 6.26 Å². The summed E-state index contributed by atoms with van der Waals surface area (Å²) in [5.74, 6) is -4.37. The molecule has 3 heterocycles. The van der Waals surface area contributed by atoms with Gasteiger partial charge in [-0.15, -0.1) is 0 Å². The first kappa shape index (κ1) is 26.8. The summed E-state index contributed by atoms with van der Waals surface area (Å²) in [6.07, 6.45) is 0.201. The van der Waals surface area contributed by atoms with Gasteiger partial charge in [0.05, 0.1) is 25.8 Å². The highest BCUT2D eigenvalue weighted by Gasteiger charge is 2.59. The summed E-state index contributed by atoms with van der Waals surface area (Å²) >= 11 is 0. The maximum absolute atomic E-state index is 13.2. The van der Waals surface area contributed by atoms with Crippen molar-refractivity contribution in [1.29, 1.82) is 0 Å². The fraction of sp³-hybridized carbons (Fsp3) is 0.429.